The monoisotopic (exact) mass is 308 g/mol. The maximum Gasteiger partial charge on any atom is 0.329 e. The average molecular weight is 308 g/mol. The Labute approximate surface area is 133 Å². The molecule has 2 amide bonds. The second-order valence-electron chi connectivity index (χ2n) is 4.97. The summed E-state index contributed by atoms with van der Waals surface area (Å²) in [6.07, 6.45) is 0. The Kier molecular flexibility index (Phi) is 5.02. The maximum atomic E-state index is 11.0. The SMILES string of the molecule is CC(=O)Nc1ccc(C(=[N+]=[N-])c2ccc(NC(C)=O)cc2)cc1. The summed E-state index contributed by atoms with van der Waals surface area (Å²) in [6, 6.07) is 13.9. The number of benzene rings is 2. The van der Waals surface area contributed by atoms with E-state index in [1.807, 2.05) is 0 Å². The van der Waals surface area contributed by atoms with Crippen molar-refractivity contribution < 1.29 is 14.4 Å². The third-order valence-electron chi connectivity index (χ3n) is 3.06. The first-order valence-electron chi connectivity index (χ1n) is 6.97. The Morgan fingerprint density at radius 2 is 1.13 bits per heavy atom. The quantitative estimate of drug-likeness (QED) is 0.516. The van der Waals surface area contributed by atoms with Gasteiger partial charge in [-0.15, -0.1) is 0 Å². The van der Waals surface area contributed by atoms with Gasteiger partial charge in [-0.05, 0) is 48.5 Å². The molecule has 0 aliphatic carbocycles. The maximum absolute atomic E-state index is 11.0. The van der Waals surface area contributed by atoms with Gasteiger partial charge in [0, 0.05) is 25.2 Å². The molecular formula is C17H16N4O2. The Morgan fingerprint density at radius 3 is 1.39 bits per heavy atom. The van der Waals surface area contributed by atoms with Gasteiger partial charge in [0.25, 0.3) is 0 Å². The van der Waals surface area contributed by atoms with Gasteiger partial charge in [0.15, 0.2) is 0 Å². The van der Waals surface area contributed by atoms with Gasteiger partial charge < -0.3 is 16.2 Å². The van der Waals surface area contributed by atoms with Crippen LogP contribution in [0.3, 0.4) is 0 Å². The number of rotatable bonds is 4. The highest BCUT2D eigenvalue weighted by atomic mass is 16.2. The van der Waals surface area contributed by atoms with E-state index in [2.05, 4.69) is 15.4 Å². The minimum atomic E-state index is -0.151. The van der Waals surface area contributed by atoms with Gasteiger partial charge in [0.05, 0.1) is 11.1 Å². The number of anilines is 2. The number of nitrogens with zero attached hydrogens (tertiary/aromatic N) is 2. The third kappa shape index (κ3) is 4.36. The van der Waals surface area contributed by atoms with Gasteiger partial charge in [-0.3, -0.25) is 9.59 Å². The summed E-state index contributed by atoms with van der Waals surface area (Å²) in [4.78, 5) is 25.4. The molecule has 0 fully saturated rings. The first kappa shape index (κ1) is 16.1. The molecule has 2 rings (SSSR count). The first-order chi connectivity index (χ1) is 11.0. The highest BCUT2D eigenvalue weighted by Crippen LogP contribution is 2.16. The molecule has 0 aliphatic rings. The molecule has 0 unspecified atom stereocenters. The summed E-state index contributed by atoms with van der Waals surface area (Å²) in [5.74, 6) is -0.301. The minimum absolute atomic E-state index is 0.151. The zero-order valence-electron chi connectivity index (χ0n) is 12.8. The molecule has 2 aromatic carbocycles. The van der Waals surface area contributed by atoms with Crippen molar-refractivity contribution in [3.05, 3.63) is 65.2 Å². The predicted octanol–water partition coefficient (Wildman–Crippen LogP) is 2.67. The number of hydrogen-bond donors (Lipinski definition) is 2. The topological polar surface area (TPSA) is 94.6 Å². The van der Waals surface area contributed by atoms with Gasteiger partial charge in [0.1, 0.15) is 0 Å². The molecule has 2 N–H and O–H groups in total. The summed E-state index contributed by atoms with van der Waals surface area (Å²) < 4.78 is 0. The molecule has 0 aromatic heterocycles. The Morgan fingerprint density at radius 1 is 0.783 bits per heavy atom. The van der Waals surface area contributed by atoms with Gasteiger partial charge in [0.2, 0.25) is 11.8 Å². The molecule has 0 atom stereocenters. The molecule has 0 heterocycles. The molecule has 0 bridgehead atoms. The van der Waals surface area contributed by atoms with Crippen LogP contribution in [-0.2, 0) is 9.59 Å². The van der Waals surface area contributed by atoms with E-state index in [1.165, 1.54) is 13.8 Å². The van der Waals surface area contributed by atoms with Crippen molar-refractivity contribution in [2.75, 3.05) is 10.6 Å². The van der Waals surface area contributed by atoms with Crippen molar-refractivity contribution >= 4 is 28.9 Å². The fourth-order valence-corrected chi connectivity index (χ4v) is 2.11. The second kappa shape index (κ2) is 7.15. The van der Waals surface area contributed by atoms with Crippen molar-refractivity contribution in [1.82, 2.24) is 0 Å². The van der Waals surface area contributed by atoms with Crippen LogP contribution >= 0.6 is 0 Å². The lowest BCUT2D eigenvalue weighted by Crippen LogP contribution is -2.08. The van der Waals surface area contributed by atoms with Crippen LogP contribution in [0.1, 0.15) is 25.0 Å². The van der Waals surface area contributed by atoms with Crippen LogP contribution in [0.25, 0.3) is 5.53 Å². The highest BCUT2D eigenvalue weighted by molar-refractivity contribution is 6.09. The minimum Gasteiger partial charge on any atom is -0.361 e. The first-order valence-corrected chi connectivity index (χ1v) is 6.97. The zero-order chi connectivity index (χ0) is 16.8. The lowest BCUT2D eigenvalue weighted by Gasteiger charge is -2.04. The number of nitrogens with one attached hydrogen (secondary N) is 2. The molecule has 0 radical (unpaired) electrons. The molecule has 0 aliphatic heterocycles. The number of amides is 2. The Bertz CT molecular complexity index is 712. The molecule has 0 spiro atoms. The van der Waals surface area contributed by atoms with Crippen molar-refractivity contribution in [3.8, 4) is 0 Å². The predicted molar refractivity (Wildman–Crippen MR) is 88.3 cm³/mol. The molecule has 2 aromatic rings. The van der Waals surface area contributed by atoms with Crippen LogP contribution < -0.4 is 10.6 Å². The summed E-state index contributed by atoms with van der Waals surface area (Å²) >= 11 is 0. The van der Waals surface area contributed by atoms with E-state index in [0.717, 1.165) is 0 Å². The van der Waals surface area contributed by atoms with E-state index in [0.29, 0.717) is 28.2 Å². The normalized spacial score (nSPS) is 9.65. The summed E-state index contributed by atoms with van der Waals surface area (Å²) in [7, 11) is 0. The highest BCUT2D eigenvalue weighted by Gasteiger charge is 2.15. The summed E-state index contributed by atoms with van der Waals surface area (Å²) in [6.45, 7) is 2.87. The van der Waals surface area contributed by atoms with Crippen LogP contribution in [0.4, 0.5) is 11.4 Å². The number of hydrogen-bond acceptors (Lipinski definition) is 2. The van der Waals surface area contributed by atoms with Gasteiger partial charge >= 0.3 is 5.71 Å². The molecular weight excluding hydrogens is 292 g/mol. The fraction of sp³-hybridized carbons (Fsp3) is 0.118. The molecule has 23 heavy (non-hydrogen) atoms. The third-order valence-corrected chi connectivity index (χ3v) is 3.06. The van der Waals surface area contributed by atoms with E-state index in [4.69, 9.17) is 0 Å². The number of carbonyl (C=O) groups excluding carboxylic acids is 2. The summed E-state index contributed by atoms with van der Waals surface area (Å²) in [5.41, 5.74) is 12.4. The Hall–Kier alpha value is -3.24. The molecule has 116 valence electrons. The summed E-state index contributed by atoms with van der Waals surface area (Å²) in [5, 5.41) is 5.35. The van der Waals surface area contributed by atoms with Gasteiger partial charge in [-0.1, -0.05) is 0 Å². The lowest BCUT2D eigenvalue weighted by atomic mass is 10.0. The fourth-order valence-electron chi connectivity index (χ4n) is 2.11. The van der Waals surface area contributed by atoms with Crippen LogP contribution in [-0.4, -0.2) is 22.3 Å². The van der Waals surface area contributed by atoms with Crippen LogP contribution in [0, 0.1) is 0 Å². The van der Waals surface area contributed by atoms with E-state index in [-0.39, 0.29) is 11.8 Å². The molecule has 6 nitrogen and oxygen atoms in total. The van der Waals surface area contributed by atoms with Crippen LogP contribution in [0.2, 0.25) is 0 Å². The Balaban J connectivity index is 2.24. The van der Waals surface area contributed by atoms with Gasteiger partial charge in [-0.25, -0.2) is 0 Å². The number of carbonyl (C=O) groups is 2. The zero-order valence-corrected chi connectivity index (χ0v) is 12.8. The van der Waals surface area contributed by atoms with Crippen LogP contribution in [0.5, 0.6) is 0 Å². The second-order valence-corrected chi connectivity index (χ2v) is 4.97. The lowest BCUT2D eigenvalue weighted by molar-refractivity contribution is -0.115. The molecule has 0 saturated carbocycles. The average Bonchev–Trinajstić information content (AvgIpc) is 2.50. The van der Waals surface area contributed by atoms with Crippen molar-refractivity contribution in [2.24, 2.45) is 0 Å². The van der Waals surface area contributed by atoms with Crippen molar-refractivity contribution in [3.63, 3.8) is 0 Å². The standard InChI is InChI=1S/C17H16N4O2/c1-11(22)19-15-7-3-13(4-8-15)17(21-18)14-5-9-16(10-6-14)20-12(2)23/h3-10H,1-2H3,(H,19,22)(H,20,23). The van der Waals surface area contributed by atoms with Crippen molar-refractivity contribution in [1.29, 1.82) is 0 Å². The van der Waals surface area contributed by atoms with E-state index in [1.54, 1.807) is 48.5 Å². The largest absolute Gasteiger partial charge is 0.361 e. The van der Waals surface area contributed by atoms with Crippen LogP contribution in [0.15, 0.2) is 48.5 Å². The smallest absolute Gasteiger partial charge is 0.329 e. The molecule has 0 saturated heterocycles. The van der Waals surface area contributed by atoms with Gasteiger partial charge in [-0.2, -0.15) is 4.79 Å². The van der Waals surface area contributed by atoms with E-state index >= 15 is 0 Å². The molecule has 6 heteroatoms. The van der Waals surface area contributed by atoms with Crippen molar-refractivity contribution in [2.45, 2.75) is 13.8 Å². The van der Waals surface area contributed by atoms with E-state index in [9.17, 15) is 15.1 Å². The van der Waals surface area contributed by atoms with E-state index < -0.39 is 0 Å².